The normalized spacial score (nSPS) is 16.8. The molecule has 226 valence electrons. The molecule has 1 atom stereocenters. The van der Waals surface area contributed by atoms with E-state index in [2.05, 4.69) is 15.4 Å². The Morgan fingerprint density at radius 1 is 1.09 bits per heavy atom. The molecule has 1 aromatic carbocycles. The lowest BCUT2D eigenvalue weighted by molar-refractivity contribution is 0.00916. The monoisotopic (exact) mass is 616 g/mol. The minimum Gasteiger partial charge on any atom is -0.481 e. The number of aliphatic hydroxyl groups is 1. The number of ether oxygens (including phenoxy) is 1. The number of carbonyl (C=O) groups excluding carboxylic acids is 1. The molecule has 2 fully saturated rings. The van der Waals surface area contributed by atoms with Crippen LogP contribution < -0.4 is 10.1 Å². The highest BCUT2D eigenvalue weighted by Crippen LogP contribution is 2.47. The average molecular weight is 617 g/mol. The van der Waals surface area contributed by atoms with Crippen LogP contribution >= 0.6 is 11.6 Å². The smallest absolute Gasteiger partial charge is 0.251 e. The third kappa shape index (κ3) is 5.44. The van der Waals surface area contributed by atoms with Crippen molar-refractivity contribution in [2.75, 3.05) is 13.7 Å². The quantitative estimate of drug-likeness (QED) is 0.164. The van der Waals surface area contributed by atoms with E-state index in [-0.39, 0.29) is 17.8 Å². The van der Waals surface area contributed by atoms with E-state index in [1.807, 2.05) is 6.07 Å². The highest BCUT2D eigenvalue weighted by atomic mass is 35.5. The van der Waals surface area contributed by atoms with Crippen LogP contribution in [-0.4, -0.2) is 39.3 Å². The van der Waals surface area contributed by atoms with Gasteiger partial charge in [0, 0.05) is 34.7 Å². The Labute approximate surface area is 249 Å². The molecule has 3 heterocycles. The van der Waals surface area contributed by atoms with Gasteiger partial charge in [0.05, 0.1) is 35.6 Å². The number of hydrogen-bond acceptors (Lipinski definition) is 5. The van der Waals surface area contributed by atoms with Gasteiger partial charge in [-0.25, -0.2) is 27.1 Å². The summed E-state index contributed by atoms with van der Waals surface area (Å²) in [6, 6.07) is 7.53. The van der Waals surface area contributed by atoms with E-state index in [9.17, 15) is 18.7 Å². The van der Waals surface area contributed by atoms with Crippen molar-refractivity contribution in [1.29, 1.82) is 0 Å². The first kappa shape index (κ1) is 29.4. The number of pyridine rings is 2. The summed E-state index contributed by atoms with van der Waals surface area (Å²) in [7, 11) is 1.47. The Balaban J connectivity index is 1.37. The Morgan fingerprint density at radius 3 is 2.44 bits per heavy atom. The van der Waals surface area contributed by atoms with Crippen LogP contribution in [0.4, 0.5) is 17.6 Å². The first-order valence-corrected chi connectivity index (χ1v) is 14.3. The standard InChI is InChI=1S/C31H29ClF4N4O3/c1-30(2,36)20-12-25(38-28(27(20)35)19-11-21(32)23(34)13-22(19)33)31(42,17-6-7-17)14-37-29(41)16-8-18-10-24(15-4-5-15)39-40(18)26(9-16)43-3/h8-13,15,17,42H,4-7,14H2,1-3H3,(H,37,41)/t31-/m1/s1. The molecule has 6 rings (SSSR count). The van der Waals surface area contributed by atoms with Gasteiger partial charge in [0.1, 0.15) is 28.6 Å². The fourth-order valence-electron chi connectivity index (χ4n) is 5.33. The Bertz CT molecular complexity index is 1760. The van der Waals surface area contributed by atoms with Crippen LogP contribution in [0.3, 0.4) is 0 Å². The van der Waals surface area contributed by atoms with E-state index in [0.29, 0.717) is 36.2 Å². The summed E-state index contributed by atoms with van der Waals surface area (Å²) < 4.78 is 66.8. The van der Waals surface area contributed by atoms with Gasteiger partial charge in [-0.05, 0) is 69.7 Å². The van der Waals surface area contributed by atoms with Crippen LogP contribution in [0.15, 0.2) is 36.4 Å². The van der Waals surface area contributed by atoms with Crippen molar-refractivity contribution in [1.82, 2.24) is 19.9 Å². The molecule has 0 radical (unpaired) electrons. The number of halogens is 5. The largest absolute Gasteiger partial charge is 0.481 e. The predicted octanol–water partition coefficient (Wildman–Crippen LogP) is 6.59. The van der Waals surface area contributed by atoms with Crippen LogP contribution in [-0.2, 0) is 11.3 Å². The molecule has 2 aliphatic rings. The molecule has 0 spiro atoms. The summed E-state index contributed by atoms with van der Waals surface area (Å²) in [6.07, 6.45) is 3.23. The molecule has 1 amide bonds. The van der Waals surface area contributed by atoms with Gasteiger partial charge in [-0.1, -0.05) is 11.6 Å². The number of alkyl halides is 1. The van der Waals surface area contributed by atoms with E-state index in [1.54, 1.807) is 10.6 Å². The summed E-state index contributed by atoms with van der Waals surface area (Å²) in [4.78, 5) is 17.6. The highest BCUT2D eigenvalue weighted by Gasteiger charge is 2.47. The van der Waals surface area contributed by atoms with Gasteiger partial charge in [0.15, 0.2) is 5.82 Å². The zero-order chi connectivity index (χ0) is 30.8. The molecule has 0 aliphatic heterocycles. The van der Waals surface area contributed by atoms with Crippen LogP contribution in [0.1, 0.15) is 72.8 Å². The topological polar surface area (TPSA) is 88.8 Å². The van der Waals surface area contributed by atoms with Crippen LogP contribution in [0.5, 0.6) is 5.88 Å². The molecule has 0 bridgehead atoms. The lowest BCUT2D eigenvalue weighted by Gasteiger charge is -2.30. The van der Waals surface area contributed by atoms with Crippen molar-refractivity contribution in [2.45, 2.75) is 56.7 Å². The number of fused-ring (bicyclic) bond motifs is 1. The van der Waals surface area contributed by atoms with E-state index in [1.165, 1.54) is 13.2 Å². The van der Waals surface area contributed by atoms with Gasteiger partial charge in [0.25, 0.3) is 5.91 Å². The Hall–Kier alpha value is -3.70. The molecule has 43 heavy (non-hydrogen) atoms. The Morgan fingerprint density at radius 2 is 1.81 bits per heavy atom. The second-order valence-corrected chi connectivity index (χ2v) is 12.2. The number of benzene rings is 1. The maximum atomic E-state index is 15.7. The van der Waals surface area contributed by atoms with Gasteiger partial charge in [-0.15, -0.1) is 0 Å². The molecule has 7 nitrogen and oxygen atoms in total. The van der Waals surface area contributed by atoms with Crippen LogP contribution in [0.25, 0.3) is 16.8 Å². The number of rotatable bonds is 9. The molecule has 2 N–H and O–H groups in total. The molecule has 4 aromatic rings. The lowest BCUT2D eigenvalue weighted by atomic mass is 9.88. The van der Waals surface area contributed by atoms with E-state index >= 15 is 8.78 Å². The molecule has 3 aromatic heterocycles. The van der Waals surface area contributed by atoms with Gasteiger partial charge in [0.2, 0.25) is 5.88 Å². The number of nitrogens with one attached hydrogen (secondary N) is 1. The summed E-state index contributed by atoms with van der Waals surface area (Å²) >= 11 is 5.85. The first-order chi connectivity index (χ1) is 20.3. The van der Waals surface area contributed by atoms with Crippen molar-refractivity contribution in [3.05, 3.63) is 81.4 Å². The van der Waals surface area contributed by atoms with Crippen molar-refractivity contribution in [3.8, 4) is 17.1 Å². The fourth-order valence-corrected chi connectivity index (χ4v) is 5.50. The Kier molecular flexibility index (Phi) is 7.16. The van der Waals surface area contributed by atoms with Gasteiger partial charge in [-0.2, -0.15) is 5.10 Å². The minimum absolute atomic E-state index is 0.162. The van der Waals surface area contributed by atoms with Crippen molar-refractivity contribution < 1.29 is 32.2 Å². The molecule has 0 unspecified atom stereocenters. The SMILES string of the molecule is COc1cc(C(=O)NC[C@](O)(c2cc(C(C)(C)F)c(F)c(-c3cc(Cl)c(F)cc3F)n2)C2CC2)cc2cc(C3CC3)nn12. The predicted molar refractivity (Wildman–Crippen MR) is 151 cm³/mol. The maximum Gasteiger partial charge on any atom is 0.251 e. The van der Waals surface area contributed by atoms with Crippen molar-refractivity contribution in [3.63, 3.8) is 0 Å². The average Bonchev–Trinajstić information content (AvgIpc) is 3.89. The third-order valence-electron chi connectivity index (χ3n) is 8.09. The number of methoxy groups -OCH3 is 1. The molecule has 0 saturated heterocycles. The number of carbonyl (C=O) groups is 1. The zero-order valence-corrected chi connectivity index (χ0v) is 24.4. The minimum atomic E-state index is -2.26. The zero-order valence-electron chi connectivity index (χ0n) is 23.6. The molecule has 2 saturated carbocycles. The molecular weight excluding hydrogens is 588 g/mol. The molecular formula is C31H29ClF4N4O3. The van der Waals surface area contributed by atoms with Crippen molar-refractivity contribution in [2.24, 2.45) is 5.92 Å². The number of nitrogens with zero attached hydrogens (tertiary/aromatic N) is 3. The first-order valence-electron chi connectivity index (χ1n) is 13.9. The maximum absolute atomic E-state index is 15.7. The van der Waals surface area contributed by atoms with Crippen molar-refractivity contribution >= 4 is 23.0 Å². The highest BCUT2D eigenvalue weighted by molar-refractivity contribution is 6.31. The molecule has 2 aliphatic carbocycles. The van der Waals surface area contributed by atoms with Gasteiger partial charge < -0.3 is 15.2 Å². The van der Waals surface area contributed by atoms with Crippen LogP contribution in [0.2, 0.25) is 5.02 Å². The van der Waals surface area contributed by atoms with Crippen LogP contribution in [0, 0.1) is 23.4 Å². The lowest BCUT2D eigenvalue weighted by Crippen LogP contribution is -2.43. The second-order valence-electron chi connectivity index (χ2n) is 11.8. The van der Waals surface area contributed by atoms with E-state index in [4.69, 9.17) is 16.3 Å². The van der Waals surface area contributed by atoms with Gasteiger partial charge >= 0.3 is 0 Å². The molecule has 12 heteroatoms. The fraction of sp³-hybridized carbons (Fsp3) is 0.387. The second kappa shape index (κ2) is 10.5. The van der Waals surface area contributed by atoms with E-state index < -0.39 is 62.4 Å². The summed E-state index contributed by atoms with van der Waals surface area (Å²) in [5, 5.41) is 18.8. The number of amides is 1. The van der Waals surface area contributed by atoms with Gasteiger partial charge in [-0.3, -0.25) is 4.79 Å². The summed E-state index contributed by atoms with van der Waals surface area (Å²) in [5.74, 6) is -3.58. The van der Waals surface area contributed by atoms with E-state index in [0.717, 1.165) is 44.5 Å². The number of hydrogen-bond donors (Lipinski definition) is 2. The summed E-state index contributed by atoms with van der Waals surface area (Å²) in [6.45, 7) is 1.87. The third-order valence-corrected chi connectivity index (χ3v) is 8.38. The summed E-state index contributed by atoms with van der Waals surface area (Å²) in [5.41, 5.74) is -4.05. The number of aromatic nitrogens is 3.